The second-order valence-electron chi connectivity index (χ2n) is 5.79. The SMILES string of the molecule is CNc1ccc(S(=O)(=O)N2CCCC3CCCC32)cc1. The standard InChI is InChI=1S/C15H22N2O2S/c1-16-13-7-9-14(10-8-13)20(18,19)17-11-3-5-12-4-2-6-15(12)17/h7-10,12,15-16H,2-6,11H2,1H3. The van der Waals surface area contributed by atoms with Gasteiger partial charge in [-0.05, 0) is 55.9 Å². The first-order valence-electron chi connectivity index (χ1n) is 7.42. The fourth-order valence-electron chi connectivity index (χ4n) is 3.64. The zero-order valence-electron chi connectivity index (χ0n) is 11.9. The van der Waals surface area contributed by atoms with Crippen molar-refractivity contribution in [1.29, 1.82) is 0 Å². The van der Waals surface area contributed by atoms with Crippen LogP contribution in [-0.2, 0) is 10.0 Å². The Labute approximate surface area is 121 Å². The van der Waals surface area contributed by atoms with Gasteiger partial charge in [-0.25, -0.2) is 8.42 Å². The van der Waals surface area contributed by atoms with Crippen molar-refractivity contribution < 1.29 is 8.42 Å². The third-order valence-corrected chi connectivity index (χ3v) is 6.63. The molecule has 1 saturated carbocycles. The van der Waals surface area contributed by atoms with Gasteiger partial charge in [-0.3, -0.25) is 0 Å². The molecule has 4 nitrogen and oxygen atoms in total. The van der Waals surface area contributed by atoms with Crippen LogP contribution in [0, 0.1) is 5.92 Å². The Morgan fingerprint density at radius 1 is 1.10 bits per heavy atom. The van der Waals surface area contributed by atoms with Gasteiger partial charge >= 0.3 is 0 Å². The van der Waals surface area contributed by atoms with Crippen LogP contribution in [0.25, 0.3) is 0 Å². The largest absolute Gasteiger partial charge is 0.388 e. The maximum Gasteiger partial charge on any atom is 0.243 e. The summed E-state index contributed by atoms with van der Waals surface area (Å²) in [7, 11) is -1.51. The molecule has 110 valence electrons. The third kappa shape index (κ3) is 2.33. The first kappa shape index (κ1) is 13.9. The quantitative estimate of drug-likeness (QED) is 0.932. The molecule has 1 N–H and O–H groups in total. The highest BCUT2D eigenvalue weighted by molar-refractivity contribution is 7.89. The van der Waals surface area contributed by atoms with Crippen LogP contribution < -0.4 is 5.32 Å². The number of hydrogen-bond donors (Lipinski definition) is 1. The second-order valence-corrected chi connectivity index (χ2v) is 7.68. The van der Waals surface area contributed by atoms with E-state index in [1.54, 1.807) is 16.4 Å². The number of benzene rings is 1. The molecule has 5 heteroatoms. The van der Waals surface area contributed by atoms with E-state index in [9.17, 15) is 8.42 Å². The Balaban J connectivity index is 1.89. The average Bonchev–Trinajstić information content (AvgIpc) is 2.95. The van der Waals surface area contributed by atoms with Gasteiger partial charge in [0.25, 0.3) is 0 Å². The molecule has 0 amide bonds. The van der Waals surface area contributed by atoms with Gasteiger partial charge in [-0.15, -0.1) is 0 Å². The molecule has 1 aromatic rings. The molecule has 0 spiro atoms. The van der Waals surface area contributed by atoms with Crippen molar-refractivity contribution in [2.24, 2.45) is 5.92 Å². The summed E-state index contributed by atoms with van der Waals surface area (Å²) in [5.74, 6) is 0.579. The molecule has 2 fully saturated rings. The highest BCUT2D eigenvalue weighted by Gasteiger charge is 2.41. The van der Waals surface area contributed by atoms with E-state index in [1.165, 1.54) is 19.3 Å². The Hall–Kier alpha value is -1.07. The molecule has 1 aliphatic heterocycles. The molecule has 1 aliphatic carbocycles. The number of hydrogen-bond acceptors (Lipinski definition) is 3. The van der Waals surface area contributed by atoms with Crippen molar-refractivity contribution in [3.05, 3.63) is 24.3 Å². The summed E-state index contributed by atoms with van der Waals surface area (Å²) in [4.78, 5) is 0.420. The lowest BCUT2D eigenvalue weighted by Gasteiger charge is -2.36. The summed E-state index contributed by atoms with van der Waals surface area (Å²) < 4.78 is 27.4. The van der Waals surface area contributed by atoms with E-state index in [4.69, 9.17) is 0 Å². The highest BCUT2D eigenvalue weighted by atomic mass is 32.2. The molecule has 2 atom stereocenters. The normalized spacial score (nSPS) is 27.2. The molecule has 0 radical (unpaired) electrons. The number of rotatable bonds is 3. The number of piperidine rings is 1. The number of anilines is 1. The topological polar surface area (TPSA) is 49.4 Å². The zero-order valence-corrected chi connectivity index (χ0v) is 12.7. The molecular formula is C15H22N2O2S. The molecular weight excluding hydrogens is 272 g/mol. The minimum atomic E-state index is -3.34. The lowest BCUT2D eigenvalue weighted by Crippen LogP contribution is -2.46. The lowest BCUT2D eigenvalue weighted by atomic mass is 9.94. The van der Waals surface area contributed by atoms with Gasteiger partial charge in [0, 0.05) is 25.3 Å². The van der Waals surface area contributed by atoms with Crippen LogP contribution in [0.4, 0.5) is 5.69 Å². The summed E-state index contributed by atoms with van der Waals surface area (Å²) in [6.45, 7) is 0.678. The van der Waals surface area contributed by atoms with Crippen LogP contribution in [0.3, 0.4) is 0 Å². The average molecular weight is 294 g/mol. The Morgan fingerprint density at radius 2 is 1.80 bits per heavy atom. The van der Waals surface area contributed by atoms with E-state index in [0.717, 1.165) is 18.5 Å². The van der Waals surface area contributed by atoms with Gasteiger partial charge in [0.2, 0.25) is 10.0 Å². The van der Waals surface area contributed by atoms with Gasteiger partial charge in [-0.1, -0.05) is 6.42 Å². The minimum Gasteiger partial charge on any atom is -0.388 e. The molecule has 1 aromatic carbocycles. The van der Waals surface area contributed by atoms with Crippen molar-refractivity contribution in [3.8, 4) is 0 Å². The van der Waals surface area contributed by atoms with E-state index in [1.807, 2.05) is 19.2 Å². The van der Waals surface area contributed by atoms with Crippen molar-refractivity contribution in [2.45, 2.75) is 43.0 Å². The molecule has 1 heterocycles. The lowest BCUT2D eigenvalue weighted by molar-refractivity contribution is 0.202. The van der Waals surface area contributed by atoms with Crippen LogP contribution >= 0.6 is 0 Å². The van der Waals surface area contributed by atoms with Gasteiger partial charge in [0.05, 0.1) is 4.90 Å². The van der Waals surface area contributed by atoms with Crippen molar-refractivity contribution in [3.63, 3.8) is 0 Å². The second kappa shape index (κ2) is 5.37. The van der Waals surface area contributed by atoms with Crippen LogP contribution in [0.5, 0.6) is 0 Å². The Morgan fingerprint density at radius 3 is 2.50 bits per heavy atom. The summed E-state index contributed by atoms with van der Waals surface area (Å²) in [6.07, 6.45) is 5.57. The summed E-state index contributed by atoms with van der Waals surface area (Å²) >= 11 is 0. The minimum absolute atomic E-state index is 0.234. The van der Waals surface area contributed by atoms with Crippen molar-refractivity contribution >= 4 is 15.7 Å². The van der Waals surface area contributed by atoms with Crippen LogP contribution in [0.1, 0.15) is 32.1 Å². The molecule has 2 aliphatic rings. The van der Waals surface area contributed by atoms with Crippen LogP contribution in [0.2, 0.25) is 0 Å². The molecule has 0 aromatic heterocycles. The zero-order chi connectivity index (χ0) is 14.2. The Kier molecular flexibility index (Phi) is 3.73. The predicted molar refractivity (Wildman–Crippen MR) is 80.2 cm³/mol. The molecule has 2 unspecified atom stereocenters. The first-order valence-corrected chi connectivity index (χ1v) is 8.86. The smallest absolute Gasteiger partial charge is 0.243 e. The third-order valence-electron chi connectivity index (χ3n) is 4.69. The van der Waals surface area contributed by atoms with E-state index in [0.29, 0.717) is 17.4 Å². The Bertz CT molecular complexity index is 568. The van der Waals surface area contributed by atoms with Gasteiger partial charge in [-0.2, -0.15) is 4.31 Å². The molecule has 1 saturated heterocycles. The van der Waals surface area contributed by atoms with Gasteiger partial charge in [0.1, 0.15) is 0 Å². The van der Waals surface area contributed by atoms with E-state index in [2.05, 4.69) is 5.32 Å². The number of fused-ring (bicyclic) bond motifs is 1. The van der Waals surface area contributed by atoms with Crippen LogP contribution in [0.15, 0.2) is 29.2 Å². The highest BCUT2D eigenvalue weighted by Crippen LogP contribution is 2.39. The predicted octanol–water partition coefficient (Wildman–Crippen LogP) is 2.68. The summed E-state index contributed by atoms with van der Waals surface area (Å²) in [5.41, 5.74) is 0.932. The number of sulfonamides is 1. The van der Waals surface area contributed by atoms with Gasteiger partial charge in [0.15, 0.2) is 0 Å². The maximum atomic E-state index is 12.8. The molecule has 3 rings (SSSR count). The van der Waals surface area contributed by atoms with E-state index in [-0.39, 0.29) is 6.04 Å². The van der Waals surface area contributed by atoms with E-state index < -0.39 is 10.0 Å². The first-order chi connectivity index (χ1) is 9.63. The monoisotopic (exact) mass is 294 g/mol. The summed E-state index contributed by atoms with van der Waals surface area (Å²) in [6, 6.07) is 7.29. The fourth-order valence-corrected chi connectivity index (χ4v) is 5.39. The molecule has 0 bridgehead atoms. The van der Waals surface area contributed by atoms with Crippen molar-refractivity contribution in [1.82, 2.24) is 4.31 Å². The maximum absolute atomic E-state index is 12.8. The van der Waals surface area contributed by atoms with Crippen LogP contribution in [-0.4, -0.2) is 32.4 Å². The number of nitrogens with zero attached hydrogens (tertiary/aromatic N) is 1. The fraction of sp³-hybridized carbons (Fsp3) is 0.600. The summed E-state index contributed by atoms with van der Waals surface area (Å²) in [5, 5.41) is 3.01. The van der Waals surface area contributed by atoms with Crippen molar-refractivity contribution in [2.75, 3.05) is 18.9 Å². The molecule has 20 heavy (non-hydrogen) atoms. The number of nitrogens with one attached hydrogen (secondary N) is 1. The van der Waals surface area contributed by atoms with Gasteiger partial charge < -0.3 is 5.32 Å². The van der Waals surface area contributed by atoms with E-state index >= 15 is 0 Å².